The number of amides is 1. The minimum atomic E-state index is -0.313. The van der Waals surface area contributed by atoms with Crippen LogP contribution in [0.1, 0.15) is 39.5 Å². The van der Waals surface area contributed by atoms with Gasteiger partial charge >= 0.3 is 5.97 Å². The van der Waals surface area contributed by atoms with Gasteiger partial charge in [0.2, 0.25) is 5.91 Å². The molecule has 4 nitrogen and oxygen atoms in total. The molecule has 0 aromatic rings. The van der Waals surface area contributed by atoms with Crippen LogP contribution >= 0.6 is 0 Å². The molecule has 1 fully saturated rings. The van der Waals surface area contributed by atoms with Gasteiger partial charge in [0.05, 0.1) is 0 Å². The molecular weight excluding hydrogens is 230 g/mol. The van der Waals surface area contributed by atoms with Crippen LogP contribution < -0.4 is 0 Å². The lowest BCUT2D eigenvalue weighted by Crippen LogP contribution is -2.36. The number of rotatable bonds is 5. The van der Waals surface area contributed by atoms with Crippen molar-refractivity contribution in [3.8, 4) is 0 Å². The van der Waals surface area contributed by atoms with E-state index in [1.165, 1.54) is 11.8 Å². The van der Waals surface area contributed by atoms with Gasteiger partial charge < -0.3 is 9.64 Å². The molecule has 0 unspecified atom stereocenters. The van der Waals surface area contributed by atoms with Crippen LogP contribution in [0, 0.1) is 5.92 Å². The number of esters is 1. The zero-order valence-electron chi connectivity index (χ0n) is 11.4. The molecule has 0 aromatic carbocycles. The van der Waals surface area contributed by atoms with Crippen molar-refractivity contribution in [2.45, 2.75) is 45.6 Å². The summed E-state index contributed by atoms with van der Waals surface area (Å²) in [6.45, 7) is 7.64. The van der Waals surface area contributed by atoms with Gasteiger partial charge in [0.1, 0.15) is 12.6 Å². The van der Waals surface area contributed by atoms with E-state index >= 15 is 0 Å². The van der Waals surface area contributed by atoms with E-state index in [4.69, 9.17) is 4.74 Å². The quantitative estimate of drug-likeness (QED) is 0.557. The number of ether oxygens (including phenoxy) is 1. The lowest BCUT2D eigenvalue weighted by Gasteiger charge is -2.27. The number of carbonyl (C=O) groups is 2. The van der Waals surface area contributed by atoms with Crippen LogP contribution in [-0.4, -0.2) is 36.0 Å². The summed E-state index contributed by atoms with van der Waals surface area (Å²) in [5.74, 6) is 0.283. The van der Waals surface area contributed by atoms with E-state index in [0.29, 0.717) is 6.54 Å². The van der Waals surface area contributed by atoms with Crippen molar-refractivity contribution in [3.63, 3.8) is 0 Å². The van der Waals surface area contributed by atoms with Crippen molar-refractivity contribution < 1.29 is 14.3 Å². The molecule has 1 aliphatic rings. The smallest absolute Gasteiger partial charge is 0.325 e. The lowest BCUT2D eigenvalue weighted by molar-refractivity contribution is -0.154. The van der Waals surface area contributed by atoms with E-state index in [9.17, 15) is 9.59 Å². The Kier molecular flexibility index (Phi) is 5.89. The maximum Gasteiger partial charge on any atom is 0.325 e. The van der Waals surface area contributed by atoms with Gasteiger partial charge in [-0.3, -0.25) is 9.59 Å². The molecule has 1 aliphatic carbocycles. The highest BCUT2D eigenvalue weighted by molar-refractivity contribution is 5.80. The largest absolute Gasteiger partial charge is 0.461 e. The third-order valence-corrected chi connectivity index (χ3v) is 3.38. The fourth-order valence-electron chi connectivity index (χ4n) is 2.19. The van der Waals surface area contributed by atoms with Crippen molar-refractivity contribution in [3.05, 3.63) is 12.7 Å². The molecule has 0 radical (unpaired) electrons. The standard InChI is InChI=1S/C14H23NO3/c1-4-9-15(12(3)16)10-14(17)18-13-7-5-11(2)6-8-13/h4,11,13H,1,5-10H2,2-3H3. The maximum atomic E-state index is 11.7. The number of hydrogen-bond donors (Lipinski definition) is 0. The van der Waals surface area contributed by atoms with Crippen molar-refractivity contribution >= 4 is 11.9 Å². The Labute approximate surface area is 109 Å². The summed E-state index contributed by atoms with van der Waals surface area (Å²) in [4.78, 5) is 24.4. The summed E-state index contributed by atoms with van der Waals surface area (Å²) in [5.41, 5.74) is 0. The van der Waals surface area contributed by atoms with Gasteiger partial charge in [-0.2, -0.15) is 0 Å². The molecule has 0 spiro atoms. The predicted octanol–water partition coefficient (Wildman–Crippen LogP) is 2.14. The highest BCUT2D eigenvalue weighted by Crippen LogP contribution is 2.25. The zero-order chi connectivity index (χ0) is 13.5. The molecule has 0 aromatic heterocycles. The average Bonchev–Trinajstić information content (AvgIpc) is 2.31. The number of carbonyl (C=O) groups excluding carboxylic acids is 2. The first-order chi connectivity index (χ1) is 8.52. The molecule has 4 heteroatoms. The molecule has 0 heterocycles. The maximum absolute atomic E-state index is 11.7. The molecule has 18 heavy (non-hydrogen) atoms. The Balaban J connectivity index is 2.35. The Bertz CT molecular complexity index is 306. The normalized spacial score (nSPS) is 23.2. The van der Waals surface area contributed by atoms with Gasteiger partial charge in [-0.1, -0.05) is 13.0 Å². The SMILES string of the molecule is C=CCN(CC(=O)OC1CCC(C)CC1)C(C)=O. The highest BCUT2D eigenvalue weighted by Gasteiger charge is 2.22. The molecule has 0 bridgehead atoms. The summed E-state index contributed by atoms with van der Waals surface area (Å²) < 4.78 is 5.40. The van der Waals surface area contributed by atoms with Gasteiger partial charge in [-0.15, -0.1) is 6.58 Å². The Morgan fingerprint density at radius 3 is 2.44 bits per heavy atom. The van der Waals surface area contributed by atoms with Gasteiger partial charge in [0.25, 0.3) is 0 Å². The van der Waals surface area contributed by atoms with Crippen LogP contribution in [0.2, 0.25) is 0 Å². The molecule has 0 saturated heterocycles. The van der Waals surface area contributed by atoms with Gasteiger partial charge in [-0.05, 0) is 31.6 Å². The molecule has 102 valence electrons. The summed E-state index contributed by atoms with van der Waals surface area (Å²) in [6.07, 6.45) is 5.74. The summed E-state index contributed by atoms with van der Waals surface area (Å²) in [7, 11) is 0. The highest BCUT2D eigenvalue weighted by atomic mass is 16.5. The fourth-order valence-corrected chi connectivity index (χ4v) is 2.19. The molecule has 0 atom stereocenters. The Morgan fingerprint density at radius 1 is 1.33 bits per heavy atom. The molecule has 0 aliphatic heterocycles. The second-order valence-electron chi connectivity index (χ2n) is 5.06. The van der Waals surface area contributed by atoms with E-state index in [1.807, 2.05) is 0 Å². The van der Waals surface area contributed by atoms with Crippen LogP contribution in [0.3, 0.4) is 0 Å². The second-order valence-corrected chi connectivity index (χ2v) is 5.06. The first-order valence-corrected chi connectivity index (χ1v) is 6.58. The topological polar surface area (TPSA) is 46.6 Å². The predicted molar refractivity (Wildman–Crippen MR) is 70.0 cm³/mol. The van der Waals surface area contributed by atoms with E-state index in [2.05, 4.69) is 13.5 Å². The minimum Gasteiger partial charge on any atom is -0.461 e. The van der Waals surface area contributed by atoms with Gasteiger partial charge in [-0.25, -0.2) is 0 Å². The summed E-state index contributed by atoms with van der Waals surface area (Å²) >= 11 is 0. The van der Waals surface area contributed by atoms with Crippen LogP contribution in [0.4, 0.5) is 0 Å². The Hall–Kier alpha value is -1.32. The van der Waals surface area contributed by atoms with Crippen molar-refractivity contribution in [2.75, 3.05) is 13.1 Å². The van der Waals surface area contributed by atoms with Crippen molar-refractivity contribution in [1.29, 1.82) is 0 Å². The molecule has 1 rings (SSSR count). The van der Waals surface area contributed by atoms with Crippen LogP contribution in [0.5, 0.6) is 0 Å². The number of hydrogen-bond acceptors (Lipinski definition) is 3. The molecule has 0 N–H and O–H groups in total. The third-order valence-electron chi connectivity index (χ3n) is 3.38. The summed E-state index contributed by atoms with van der Waals surface area (Å²) in [5, 5.41) is 0. The van der Waals surface area contributed by atoms with Crippen molar-refractivity contribution in [1.82, 2.24) is 4.90 Å². The first-order valence-electron chi connectivity index (χ1n) is 6.58. The molecule has 1 amide bonds. The molecular formula is C14H23NO3. The Morgan fingerprint density at radius 2 is 1.94 bits per heavy atom. The average molecular weight is 253 g/mol. The van der Waals surface area contributed by atoms with E-state index in [-0.39, 0.29) is 24.5 Å². The monoisotopic (exact) mass is 253 g/mol. The number of nitrogens with zero attached hydrogens (tertiary/aromatic N) is 1. The summed E-state index contributed by atoms with van der Waals surface area (Å²) in [6, 6.07) is 0. The van der Waals surface area contributed by atoms with Gasteiger partial charge in [0, 0.05) is 13.5 Å². The van der Waals surface area contributed by atoms with Gasteiger partial charge in [0.15, 0.2) is 0 Å². The lowest BCUT2D eigenvalue weighted by atomic mass is 9.89. The van der Waals surface area contributed by atoms with Crippen LogP contribution in [-0.2, 0) is 14.3 Å². The van der Waals surface area contributed by atoms with Crippen molar-refractivity contribution in [2.24, 2.45) is 5.92 Å². The first kappa shape index (κ1) is 14.7. The molecule has 1 saturated carbocycles. The van der Waals surface area contributed by atoms with Crippen LogP contribution in [0.15, 0.2) is 12.7 Å². The fraction of sp³-hybridized carbons (Fsp3) is 0.714. The van der Waals surface area contributed by atoms with E-state index in [1.54, 1.807) is 6.08 Å². The van der Waals surface area contributed by atoms with E-state index < -0.39 is 0 Å². The third kappa shape index (κ3) is 4.90. The zero-order valence-corrected chi connectivity index (χ0v) is 11.4. The minimum absolute atomic E-state index is 0.0212. The second kappa shape index (κ2) is 7.19. The van der Waals surface area contributed by atoms with E-state index in [0.717, 1.165) is 31.6 Å². The van der Waals surface area contributed by atoms with Crippen LogP contribution in [0.25, 0.3) is 0 Å².